The zero-order chi connectivity index (χ0) is 18.0. The Kier molecular flexibility index (Phi) is 3.11. The van der Waals surface area contributed by atoms with Gasteiger partial charge in [-0.25, -0.2) is 9.55 Å². The molecule has 0 aliphatic carbocycles. The molecule has 0 saturated heterocycles. The number of nitrogens with zero attached hydrogens (tertiary/aromatic N) is 3. The number of hydrogen-bond donors (Lipinski definition) is 0. The van der Waals surface area contributed by atoms with Crippen LogP contribution in [0.25, 0.3) is 28.0 Å². The van der Waals surface area contributed by atoms with Crippen molar-refractivity contribution in [2.45, 2.75) is 27.2 Å². The van der Waals surface area contributed by atoms with E-state index in [1.807, 2.05) is 0 Å². The van der Waals surface area contributed by atoms with Crippen LogP contribution < -0.4 is 4.57 Å². The van der Waals surface area contributed by atoms with Gasteiger partial charge in [-0.05, 0) is 55.7 Å². The van der Waals surface area contributed by atoms with E-state index < -0.39 is 0 Å². The number of pyridine rings is 1. The molecule has 1 aliphatic heterocycles. The van der Waals surface area contributed by atoms with Gasteiger partial charge in [-0.15, -0.1) is 0 Å². The second kappa shape index (κ2) is 5.28. The lowest BCUT2D eigenvalue weighted by Gasteiger charge is -2.12. The number of benzene rings is 2. The van der Waals surface area contributed by atoms with Crippen molar-refractivity contribution in [1.82, 2.24) is 9.55 Å². The van der Waals surface area contributed by atoms with E-state index in [0.717, 1.165) is 17.8 Å². The van der Waals surface area contributed by atoms with Crippen LogP contribution in [0, 0.1) is 20.8 Å². The van der Waals surface area contributed by atoms with E-state index in [9.17, 15) is 0 Å². The van der Waals surface area contributed by atoms with Gasteiger partial charge < -0.3 is 0 Å². The van der Waals surface area contributed by atoms with Gasteiger partial charge in [0.1, 0.15) is 12.9 Å². The van der Waals surface area contributed by atoms with E-state index >= 15 is 0 Å². The molecule has 5 rings (SSSR count). The van der Waals surface area contributed by atoms with E-state index in [2.05, 4.69) is 85.6 Å². The lowest BCUT2D eigenvalue weighted by molar-refractivity contribution is -0.660. The van der Waals surface area contributed by atoms with Crippen LogP contribution in [-0.4, -0.2) is 9.55 Å². The van der Waals surface area contributed by atoms with E-state index in [1.54, 1.807) is 0 Å². The van der Waals surface area contributed by atoms with Gasteiger partial charge in [-0.3, -0.25) is 4.57 Å². The Morgan fingerprint density at radius 3 is 2.62 bits per heavy atom. The van der Waals surface area contributed by atoms with Gasteiger partial charge in [0, 0.05) is 18.1 Å². The lowest BCUT2D eigenvalue weighted by Crippen LogP contribution is -2.32. The molecule has 0 unspecified atom stereocenters. The van der Waals surface area contributed by atoms with E-state index in [0.29, 0.717) is 0 Å². The number of aromatic nitrogens is 3. The molecule has 0 atom stereocenters. The van der Waals surface area contributed by atoms with Crippen LogP contribution >= 0.6 is 0 Å². The first-order chi connectivity index (χ1) is 12.5. The number of imidazole rings is 1. The maximum Gasteiger partial charge on any atom is 0.213 e. The van der Waals surface area contributed by atoms with Crippen molar-refractivity contribution in [2.75, 3.05) is 0 Å². The maximum atomic E-state index is 4.88. The highest BCUT2D eigenvalue weighted by molar-refractivity contribution is 5.83. The summed E-state index contributed by atoms with van der Waals surface area (Å²) < 4.78 is 4.58. The fourth-order valence-electron chi connectivity index (χ4n) is 4.25. The molecule has 2 aromatic heterocycles. The monoisotopic (exact) mass is 340 g/mol. The molecule has 0 N–H and O–H groups in total. The summed E-state index contributed by atoms with van der Waals surface area (Å²) in [7, 11) is 2.14. The van der Waals surface area contributed by atoms with Crippen LogP contribution in [0.3, 0.4) is 0 Å². The Morgan fingerprint density at radius 2 is 1.77 bits per heavy atom. The van der Waals surface area contributed by atoms with Crippen LogP contribution in [0.15, 0.2) is 48.7 Å². The second-order valence-corrected chi connectivity index (χ2v) is 7.42. The minimum Gasteiger partial charge on any atom is -0.296 e. The van der Waals surface area contributed by atoms with Gasteiger partial charge in [0.2, 0.25) is 5.69 Å². The Morgan fingerprint density at radius 1 is 0.962 bits per heavy atom. The predicted octanol–water partition coefficient (Wildman–Crippen LogP) is 4.35. The van der Waals surface area contributed by atoms with Crippen molar-refractivity contribution in [3.63, 3.8) is 0 Å². The highest BCUT2D eigenvalue weighted by atomic mass is 15.1. The van der Waals surface area contributed by atoms with Gasteiger partial charge in [0.15, 0.2) is 6.20 Å². The minimum absolute atomic E-state index is 0.883. The lowest BCUT2D eigenvalue weighted by atomic mass is 9.94. The van der Waals surface area contributed by atoms with Crippen molar-refractivity contribution >= 4 is 11.0 Å². The Balaban J connectivity index is 1.81. The summed E-state index contributed by atoms with van der Waals surface area (Å²) in [5, 5.41) is 0. The van der Waals surface area contributed by atoms with Crippen LogP contribution in [0.2, 0.25) is 0 Å². The zero-order valence-electron chi connectivity index (χ0n) is 15.7. The van der Waals surface area contributed by atoms with Gasteiger partial charge in [0.05, 0.1) is 22.3 Å². The average molecular weight is 340 g/mol. The van der Waals surface area contributed by atoms with Crippen molar-refractivity contribution in [3.8, 4) is 16.9 Å². The molecule has 4 aromatic rings. The molecule has 0 saturated carbocycles. The summed E-state index contributed by atoms with van der Waals surface area (Å²) in [5.41, 5.74) is 11.5. The van der Waals surface area contributed by atoms with Crippen LogP contribution in [0.5, 0.6) is 0 Å². The molecule has 2 aromatic carbocycles. The third kappa shape index (κ3) is 2.00. The highest BCUT2D eigenvalue weighted by Gasteiger charge is 2.28. The summed E-state index contributed by atoms with van der Waals surface area (Å²) in [6.45, 7) is 6.57. The maximum absolute atomic E-state index is 4.88. The summed E-state index contributed by atoms with van der Waals surface area (Å²) in [5.74, 6) is 1.14. The SMILES string of the molecule is Cc1cc(-c2c(C)ccc3c2Cc2nc4ccccc4n2-3)[n+](C)cc1C. The number of hydrogen-bond acceptors (Lipinski definition) is 1. The zero-order valence-corrected chi connectivity index (χ0v) is 15.7. The third-order valence-corrected chi connectivity index (χ3v) is 5.70. The Hall–Kier alpha value is -2.94. The molecule has 26 heavy (non-hydrogen) atoms. The van der Waals surface area contributed by atoms with Gasteiger partial charge in [-0.2, -0.15) is 0 Å². The summed E-state index contributed by atoms with van der Waals surface area (Å²) in [6, 6.07) is 15.2. The molecule has 3 heteroatoms. The fraction of sp³-hybridized carbons (Fsp3) is 0.217. The van der Waals surface area contributed by atoms with E-state index in [4.69, 9.17) is 4.98 Å². The topological polar surface area (TPSA) is 21.7 Å². The number of rotatable bonds is 1. The Labute approximate surface area is 153 Å². The van der Waals surface area contributed by atoms with Crippen LogP contribution in [-0.2, 0) is 13.5 Å². The van der Waals surface area contributed by atoms with Crippen LogP contribution in [0.1, 0.15) is 28.1 Å². The molecule has 0 bridgehead atoms. The summed E-state index contributed by atoms with van der Waals surface area (Å²) in [4.78, 5) is 4.88. The molecule has 128 valence electrons. The normalized spacial score (nSPS) is 12.5. The standard InChI is InChI=1S/C23H22N3/c1-14-9-10-19-17(23(14)21-11-15(2)16(3)13-25(21)4)12-22-24-18-7-5-6-8-20(18)26(19)22/h5-11,13H,12H2,1-4H3/q+1. The molecule has 0 radical (unpaired) electrons. The molecule has 1 aliphatic rings. The molecule has 0 fully saturated rings. The number of fused-ring (bicyclic) bond motifs is 5. The first-order valence-electron chi connectivity index (χ1n) is 9.11. The summed E-state index contributed by atoms with van der Waals surface area (Å²) >= 11 is 0. The van der Waals surface area contributed by atoms with Crippen molar-refractivity contribution in [2.24, 2.45) is 7.05 Å². The predicted molar refractivity (Wildman–Crippen MR) is 105 cm³/mol. The molecule has 3 nitrogen and oxygen atoms in total. The average Bonchev–Trinajstić information content (AvgIpc) is 3.14. The molecular formula is C23H22N3+. The largest absolute Gasteiger partial charge is 0.296 e. The molecule has 0 amide bonds. The van der Waals surface area contributed by atoms with Crippen molar-refractivity contribution < 1.29 is 4.57 Å². The molecule has 0 spiro atoms. The quantitative estimate of drug-likeness (QED) is 0.416. The fourth-order valence-corrected chi connectivity index (χ4v) is 4.25. The van der Waals surface area contributed by atoms with Gasteiger partial charge in [0.25, 0.3) is 0 Å². The number of para-hydroxylation sites is 2. The van der Waals surface area contributed by atoms with Crippen molar-refractivity contribution in [3.05, 3.63) is 76.7 Å². The second-order valence-electron chi connectivity index (χ2n) is 7.42. The highest BCUT2D eigenvalue weighted by Crippen LogP contribution is 2.38. The molecule has 3 heterocycles. The summed E-state index contributed by atoms with van der Waals surface area (Å²) in [6.07, 6.45) is 3.11. The minimum atomic E-state index is 0.883. The van der Waals surface area contributed by atoms with E-state index in [-0.39, 0.29) is 0 Å². The van der Waals surface area contributed by atoms with Gasteiger partial charge >= 0.3 is 0 Å². The number of aryl methyl sites for hydroxylation is 4. The molecular weight excluding hydrogens is 318 g/mol. The van der Waals surface area contributed by atoms with Crippen LogP contribution in [0.4, 0.5) is 0 Å². The Bertz CT molecular complexity index is 1200. The smallest absolute Gasteiger partial charge is 0.213 e. The van der Waals surface area contributed by atoms with E-state index in [1.165, 1.54) is 44.7 Å². The van der Waals surface area contributed by atoms with Crippen molar-refractivity contribution in [1.29, 1.82) is 0 Å². The third-order valence-electron chi connectivity index (χ3n) is 5.70. The van der Waals surface area contributed by atoms with Gasteiger partial charge in [-0.1, -0.05) is 18.2 Å². The first-order valence-corrected chi connectivity index (χ1v) is 9.11. The first kappa shape index (κ1) is 15.3.